The topological polar surface area (TPSA) is 49.8 Å². The van der Waals surface area contributed by atoms with Gasteiger partial charge in [-0.15, -0.1) is 0 Å². The molecule has 4 nitrogen and oxygen atoms in total. The summed E-state index contributed by atoms with van der Waals surface area (Å²) in [6.45, 7) is 2.77. The number of rotatable bonds is 2. The quantitative estimate of drug-likeness (QED) is 0.881. The molecule has 25 heavy (non-hydrogen) atoms. The number of aliphatic hydroxyl groups is 1. The average Bonchev–Trinajstić information content (AvgIpc) is 2.64. The van der Waals surface area contributed by atoms with E-state index in [2.05, 4.69) is 37.3 Å². The second-order valence-corrected chi connectivity index (χ2v) is 7.51. The van der Waals surface area contributed by atoms with Gasteiger partial charge in [0.1, 0.15) is 5.60 Å². The van der Waals surface area contributed by atoms with Crippen LogP contribution < -0.4 is 0 Å². The highest BCUT2D eigenvalue weighted by molar-refractivity contribution is 5.83. The Bertz CT molecular complexity index is 780. The number of hydrogen-bond donors (Lipinski definition) is 1. The van der Waals surface area contributed by atoms with Gasteiger partial charge in [0, 0.05) is 13.0 Å². The summed E-state index contributed by atoms with van der Waals surface area (Å²) in [5.74, 6) is 0. The summed E-state index contributed by atoms with van der Waals surface area (Å²) in [5, 5.41) is 12.1. The molecule has 2 fully saturated rings. The number of amides is 1. The first kappa shape index (κ1) is 16.4. The molecule has 4 rings (SSSR count). The summed E-state index contributed by atoms with van der Waals surface area (Å²) >= 11 is 0. The second kappa shape index (κ2) is 6.34. The Kier molecular flexibility index (Phi) is 4.16. The van der Waals surface area contributed by atoms with E-state index < -0.39 is 0 Å². The number of hydrogen-bond acceptors (Lipinski definition) is 3. The van der Waals surface area contributed by atoms with Crippen LogP contribution in [0.4, 0.5) is 4.79 Å². The summed E-state index contributed by atoms with van der Waals surface area (Å²) in [6, 6.07) is 14.6. The number of fused-ring (bicyclic) bond motifs is 1. The number of carbonyl (C=O) groups excluding carboxylic acids is 1. The minimum atomic E-state index is -0.351. The Hall–Kier alpha value is -2.07. The van der Waals surface area contributed by atoms with E-state index in [1.807, 2.05) is 17.0 Å². The van der Waals surface area contributed by atoms with Crippen molar-refractivity contribution in [2.24, 2.45) is 0 Å². The van der Waals surface area contributed by atoms with Crippen LogP contribution in [0, 0.1) is 0 Å². The maximum absolute atomic E-state index is 12.7. The molecule has 2 aromatic rings. The highest BCUT2D eigenvalue weighted by Gasteiger charge is 2.44. The van der Waals surface area contributed by atoms with Crippen molar-refractivity contribution >= 4 is 16.9 Å². The van der Waals surface area contributed by atoms with Crippen molar-refractivity contribution in [3.8, 4) is 0 Å². The minimum Gasteiger partial charge on any atom is -0.443 e. The average molecular weight is 339 g/mol. The Morgan fingerprint density at radius 3 is 2.56 bits per heavy atom. The lowest BCUT2D eigenvalue weighted by Crippen LogP contribution is -2.52. The molecular weight excluding hydrogens is 314 g/mol. The van der Waals surface area contributed by atoms with Gasteiger partial charge in [-0.25, -0.2) is 4.79 Å². The van der Waals surface area contributed by atoms with Crippen LogP contribution in [0.3, 0.4) is 0 Å². The zero-order valence-electron chi connectivity index (χ0n) is 14.6. The predicted octanol–water partition coefficient (Wildman–Crippen LogP) is 4.42. The minimum absolute atomic E-state index is 0.0105. The van der Waals surface area contributed by atoms with Gasteiger partial charge in [-0.05, 0) is 55.0 Å². The normalized spacial score (nSPS) is 28.2. The third-order valence-corrected chi connectivity index (χ3v) is 5.94. The third kappa shape index (κ3) is 3.11. The van der Waals surface area contributed by atoms with Crippen LogP contribution in [0.1, 0.15) is 50.6 Å². The molecule has 1 heterocycles. The van der Waals surface area contributed by atoms with Crippen molar-refractivity contribution in [2.45, 2.75) is 56.8 Å². The maximum Gasteiger partial charge on any atom is 0.410 e. The smallest absolute Gasteiger partial charge is 0.410 e. The van der Waals surface area contributed by atoms with Gasteiger partial charge in [0.2, 0.25) is 0 Å². The lowest BCUT2D eigenvalue weighted by atomic mass is 9.80. The van der Waals surface area contributed by atoms with E-state index in [4.69, 9.17) is 4.74 Å². The standard InChI is InChI=1S/C21H25NO3/c1-15(17-7-6-16-4-2-3-5-18(16)14-17)22-13-12-21(25-20(22)24)10-8-19(23)9-11-21/h2-7,14-15,19,23H,8-13H2,1H3/t15-,19-,21+/m0/s1. The monoisotopic (exact) mass is 339 g/mol. The van der Waals surface area contributed by atoms with Crippen molar-refractivity contribution in [1.29, 1.82) is 0 Å². The highest BCUT2D eigenvalue weighted by Crippen LogP contribution is 2.39. The molecule has 1 aliphatic carbocycles. The van der Waals surface area contributed by atoms with Crippen molar-refractivity contribution in [3.63, 3.8) is 0 Å². The van der Waals surface area contributed by atoms with Crippen LogP contribution in [-0.4, -0.2) is 34.3 Å². The van der Waals surface area contributed by atoms with Crippen LogP contribution in [0.25, 0.3) is 10.8 Å². The molecule has 1 atom stereocenters. The van der Waals surface area contributed by atoms with Crippen LogP contribution >= 0.6 is 0 Å². The summed E-state index contributed by atoms with van der Waals surface area (Å²) in [5.41, 5.74) is 0.779. The van der Waals surface area contributed by atoms with Gasteiger partial charge in [-0.1, -0.05) is 36.4 Å². The lowest BCUT2D eigenvalue weighted by Gasteiger charge is -2.45. The molecule has 0 bridgehead atoms. The molecule has 0 aromatic heterocycles. The molecule has 0 unspecified atom stereocenters. The van der Waals surface area contributed by atoms with Crippen molar-refractivity contribution in [2.75, 3.05) is 6.54 Å². The third-order valence-electron chi connectivity index (χ3n) is 5.94. The van der Waals surface area contributed by atoms with E-state index in [0.29, 0.717) is 6.54 Å². The van der Waals surface area contributed by atoms with Crippen LogP contribution in [0.15, 0.2) is 42.5 Å². The molecule has 0 radical (unpaired) electrons. The summed E-state index contributed by atoms with van der Waals surface area (Å²) < 4.78 is 5.88. The Balaban J connectivity index is 1.50. The number of benzene rings is 2. The van der Waals surface area contributed by atoms with Crippen molar-refractivity contribution in [3.05, 3.63) is 48.0 Å². The Labute approximate surface area is 148 Å². The fourth-order valence-electron chi connectivity index (χ4n) is 4.19. The fraction of sp³-hybridized carbons (Fsp3) is 0.476. The van der Waals surface area contributed by atoms with E-state index in [0.717, 1.165) is 37.7 Å². The summed E-state index contributed by atoms with van der Waals surface area (Å²) in [6.07, 6.45) is 3.41. The molecule has 1 amide bonds. The van der Waals surface area contributed by atoms with Crippen LogP contribution in [-0.2, 0) is 4.74 Å². The molecule has 2 aliphatic rings. The van der Waals surface area contributed by atoms with Gasteiger partial charge >= 0.3 is 6.09 Å². The van der Waals surface area contributed by atoms with E-state index in [1.54, 1.807) is 0 Å². The number of nitrogens with zero attached hydrogens (tertiary/aromatic N) is 1. The molecule has 1 aliphatic heterocycles. The van der Waals surface area contributed by atoms with Gasteiger partial charge in [-0.2, -0.15) is 0 Å². The van der Waals surface area contributed by atoms with E-state index in [9.17, 15) is 9.90 Å². The van der Waals surface area contributed by atoms with Gasteiger partial charge in [0.15, 0.2) is 0 Å². The number of carbonyl (C=O) groups is 1. The molecule has 2 aromatic carbocycles. The predicted molar refractivity (Wildman–Crippen MR) is 97.4 cm³/mol. The van der Waals surface area contributed by atoms with Gasteiger partial charge in [-0.3, -0.25) is 0 Å². The van der Waals surface area contributed by atoms with Crippen LogP contribution in [0.5, 0.6) is 0 Å². The first-order chi connectivity index (χ1) is 12.1. The van der Waals surface area contributed by atoms with Crippen molar-refractivity contribution < 1.29 is 14.6 Å². The van der Waals surface area contributed by atoms with E-state index >= 15 is 0 Å². The number of ether oxygens (including phenoxy) is 1. The zero-order valence-corrected chi connectivity index (χ0v) is 14.6. The molecular formula is C21H25NO3. The SMILES string of the molecule is C[C@@H](c1ccc2ccccc2c1)N1CC[C@]2(CC[C@H](O)CC2)OC1=O. The Morgan fingerprint density at radius 2 is 1.84 bits per heavy atom. The largest absolute Gasteiger partial charge is 0.443 e. The fourth-order valence-corrected chi connectivity index (χ4v) is 4.19. The number of aliphatic hydroxyl groups excluding tert-OH is 1. The van der Waals surface area contributed by atoms with Gasteiger partial charge in [0.25, 0.3) is 0 Å². The molecule has 1 saturated heterocycles. The molecule has 1 N–H and O–H groups in total. The molecule has 1 spiro atoms. The van der Waals surface area contributed by atoms with Crippen molar-refractivity contribution in [1.82, 2.24) is 4.90 Å². The first-order valence-electron chi connectivity index (χ1n) is 9.23. The van der Waals surface area contributed by atoms with Gasteiger partial charge in [0.05, 0.1) is 12.1 Å². The van der Waals surface area contributed by atoms with E-state index in [-0.39, 0.29) is 23.8 Å². The first-order valence-corrected chi connectivity index (χ1v) is 9.23. The van der Waals surface area contributed by atoms with Gasteiger partial charge < -0.3 is 14.7 Å². The maximum atomic E-state index is 12.7. The van der Waals surface area contributed by atoms with Crippen LogP contribution in [0.2, 0.25) is 0 Å². The van der Waals surface area contributed by atoms with E-state index in [1.165, 1.54) is 10.8 Å². The highest BCUT2D eigenvalue weighted by atomic mass is 16.6. The summed E-state index contributed by atoms with van der Waals surface area (Å²) in [4.78, 5) is 14.5. The zero-order chi connectivity index (χ0) is 17.4. The molecule has 4 heteroatoms. The molecule has 132 valence electrons. The second-order valence-electron chi connectivity index (χ2n) is 7.51. The summed E-state index contributed by atoms with van der Waals surface area (Å²) in [7, 11) is 0. The Morgan fingerprint density at radius 1 is 1.12 bits per heavy atom. The molecule has 1 saturated carbocycles. The lowest BCUT2D eigenvalue weighted by molar-refractivity contribution is -0.0907.